The quantitative estimate of drug-likeness (QED) is 0.631. The molecule has 3 rings (SSSR count). The summed E-state index contributed by atoms with van der Waals surface area (Å²) in [4.78, 5) is 35.6. The lowest BCUT2D eigenvalue weighted by molar-refractivity contribution is -0.142. The van der Waals surface area contributed by atoms with Crippen LogP contribution < -0.4 is 10.6 Å². The predicted molar refractivity (Wildman–Crippen MR) is 117 cm³/mol. The van der Waals surface area contributed by atoms with E-state index in [2.05, 4.69) is 22.8 Å². The number of benzene rings is 2. The fourth-order valence-corrected chi connectivity index (χ4v) is 3.86. The number of carbonyl (C=O) groups is 3. The molecule has 3 N–H and O–H groups in total. The van der Waals surface area contributed by atoms with E-state index in [1.165, 1.54) is 0 Å². The van der Waals surface area contributed by atoms with Crippen molar-refractivity contribution < 1.29 is 24.2 Å². The lowest BCUT2D eigenvalue weighted by atomic mass is 9.88. The molecule has 1 atom stereocenters. The van der Waals surface area contributed by atoms with E-state index in [0.29, 0.717) is 0 Å². The average molecular weight is 424 g/mol. The number of aliphatic carboxylic acids is 1. The minimum absolute atomic E-state index is 0.0739. The molecule has 0 saturated carbocycles. The third kappa shape index (κ3) is 5.63. The van der Waals surface area contributed by atoms with E-state index in [0.717, 1.165) is 22.3 Å². The Hall–Kier alpha value is -3.35. The van der Waals surface area contributed by atoms with Crippen molar-refractivity contribution in [1.29, 1.82) is 0 Å². The first-order valence-corrected chi connectivity index (χ1v) is 10.3. The number of fused-ring (bicyclic) bond motifs is 3. The van der Waals surface area contributed by atoms with Gasteiger partial charge >= 0.3 is 12.1 Å². The van der Waals surface area contributed by atoms with E-state index in [-0.39, 0.29) is 30.9 Å². The summed E-state index contributed by atoms with van der Waals surface area (Å²) in [5.41, 5.74) is 4.19. The molecule has 0 heterocycles. The number of amides is 2. The Bertz CT molecular complexity index is 934. The minimum atomic E-state index is -1.11. The van der Waals surface area contributed by atoms with Crippen molar-refractivity contribution in [2.75, 3.05) is 13.2 Å². The van der Waals surface area contributed by atoms with Gasteiger partial charge in [-0.1, -0.05) is 69.3 Å². The maximum Gasteiger partial charge on any atom is 0.407 e. The first kappa shape index (κ1) is 22.3. The third-order valence-corrected chi connectivity index (χ3v) is 5.19. The third-order valence-electron chi connectivity index (χ3n) is 5.19. The molecule has 31 heavy (non-hydrogen) atoms. The van der Waals surface area contributed by atoms with Crippen LogP contribution in [0.3, 0.4) is 0 Å². The van der Waals surface area contributed by atoms with Crippen LogP contribution in [0, 0.1) is 5.41 Å². The Balaban J connectivity index is 1.53. The number of ether oxygens (including phenoxy) is 1. The van der Waals surface area contributed by atoms with Gasteiger partial charge in [-0.2, -0.15) is 0 Å². The molecule has 0 bridgehead atoms. The van der Waals surface area contributed by atoms with Gasteiger partial charge in [0, 0.05) is 5.92 Å². The SMILES string of the molecule is CC(C)(C)CC(NC(=O)CNC(=O)OCC1c2ccccc2-c2ccccc21)C(=O)O. The number of alkyl carbamates (subject to hydrolysis) is 1. The van der Waals surface area contributed by atoms with Gasteiger partial charge in [-0.3, -0.25) is 4.79 Å². The molecule has 0 radical (unpaired) electrons. The zero-order valence-electron chi connectivity index (χ0n) is 18.0. The van der Waals surface area contributed by atoms with Crippen LogP contribution in [0.1, 0.15) is 44.2 Å². The summed E-state index contributed by atoms with van der Waals surface area (Å²) >= 11 is 0. The fraction of sp³-hybridized carbons (Fsp3) is 0.375. The van der Waals surface area contributed by atoms with E-state index in [1.807, 2.05) is 57.2 Å². The second kappa shape index (κ2) is 9.20. The van der Waals surface area contributed by atoms with E-state index in [9.17, 15) is 19.5 Å². The number of rotatable bonds is 7. The summed E-state index contributed by atoms with van der Waals surface area (Å²) in [6.07, 6.45) is -0.446. The van der Waals surface area contributed by atoms with Gasteiger partial charge in [0.25, 0.3) is 0 Å². The van der Waals surface area contributed by atoms with E-state index < -0.39 is 24.0 Å². The predicted octanol–water partition coefficient (Wildman–Crippen LogP) is 3.53. The largest absolute Gasteiger partial charge is 0.480 e. The summed E-state index contributed by atoms with van der Waals surface area (Å²) in [5.74, 6) is -1.76. The van der Waals surface area contributed by atoms with Crippen LogP contribution in [0.5, 0.6) is 0 Å². The molecule has 2 amide bonds. The van der Waals surface area contributed by atoms with Crippen molar-refractivity contribution in [2.24, 2.45) is 5.41 Å². The molecular weight excluding hydrogens is 396 g/mol. The molecule has 164 valence electrons. The molecule has 0 saturated heterocycles. The number of hydrogen-bond donors (Lipinski definition) is 3. The van der Waals surface area contributed by atoms with Crippen LogP contribution in [0.25, 0.3) is 11.1 Å². The van der Waals surface area contributed by atoms with Crippen molar-refractivity contribution in [1.82, 2.24) is 10.6 Å². The van der Waals surface area contributed by atoms with Gasteiger partial charge < -0.3 is 20.5 Å². The standard InChI is InChI=1S/C24H28N2O5/c1-24(2,3)12-20(22(28)29)26-21(27)13-25-23(30)31-14-19-17-10-6-4-8-15(17)16-9-5-7-11-18(16)19/h4-11,19-20H,12-14H2,1-3H3,(H,25,30)(H,26,27)(H,28,29). The summed E-state index contributed by atoms with van der Waals surface area (Å²) in [6, 6.07) is 15.0. The number of carboxylic acids is 1. The van der Waals surface area contributed by atoms with Crippen molar-refractivity contribution in [3.05, 3.63) is 59.7 Å². The molecule has 2 aromatic carbocycles. The Labute approximate surface area is 181 Å². The summed E-state index contributed by atoms with van der Waals surface area (Å²) in [6.45, 7) is 5.46. The topological polar surface area (TPSA) is 105 Å². The Kier molecular flexibility index (Phi) is 6.63. The Morgan fingerprint density at radius 3 is 2.06 bits per heavy atom. The second-order valence-corrected chi connectivity index (χ2v) is 8.90. The molecule has 1 aliphatic carbocycles. The van der Waals surface area contributed by atoms with Crippen LogP contribution in [-0.4, -0.2) is 42.3 Å². The van der Waals surface area contributed by atoms with Gasteiger partial charge in [0.2, 0.25) is 5.91 Å². The van der Waals surface area contributed by atoms with Crippen LogP contribution in [0.2, 0.25) is 0 Å². The van der Waals surface area contributed by atoms with Gasteiger partial charge in [0.1, 0.15) is 19.2 Å². The van der Waals surface area contributed by atoms with Gasteiger partial charge in [-0.25, -0.2) is 9.59 Å². The fourth-order valence-electron chi connectivity index (χ4n) is 3.86. The Morgan fingerprint density at radius 1 is 1.00 bits per heavy atom. The van der Waals surface area contributed by atoms with Crippen LogP contribution >= 0.6 is 0 Å². The zero-order chi connectivity index (χ0) is 22.6. The maximum atomic E-state index is 12.1. The molecule has 0 aromatic heterocycles. The number of carbonyl (C=O) groups excluding carboxylic acids is 2. The first-order chi connectivity index (χ1) is 14.7. The van der Waals surface area contributed by atoms with Gasteiger partial charge in [-0.05, 0) is 34.1 Å². The molecule has 0 spiro atoms. The second-order valence-electron chi connectivity index (χ2n) is 8.90. The van der Waals surface area contributed by atoms with Crippen LogP contribution in [0.4, 0.5) is 4.79 Å². The zero-order valence-corrected chi connectivity index (χ0v) is 18.0. The Morgan fingerprint density at radius 2 is 1.55 bits per heavy atom. The molecule has 1 unspecified atom stereocenters. The van der Waals surface area contributed by atoms with Crippen molar-refractivity contribution in [3.63, 3.8) is 0 Å². The van der Waals surface area contributed by atoms with Gasteiger partial charge in [0.05, 0.1) is 0 Å². The number of hydrogen-bond acceptors (Lipinski definition) is 4. The summed E-state index contributed by atoms with van der Waals surface area (Å²) < 4.78 is 5.38. The van der Waals surface area contributed by atoms with E-state index in [4.69, 9.17) is 4.74 Å². The molecule has 1 aliphatic rings. The van der Waals surface area contributed by atoms with E-state index >= 15 is 0 Å². The maximum absolute atomic E-state index is 12.1. The molecule has 7 nitrogen and oxygen atoms in total. The lowest BCUT2D eigenvalue weighted by Crippen LogP contribution is -2.47. The van der Waals surface area contributed by atoms with Crippen LogP contribution in [0.15, 0.2) is 48.5 Å². The number of nitrogens with one attached hydrogen (secondary N) is 2. The van der Waals surface area contributed by atoms with Crippen molar-refractivity contribution in [3.8, 4) is 11.1 Å². The van der Waals surface area contributed by atoms with Gasteiger partial charge in [0.15, 0.2) is 0 Å². The molecule has 0 fully saturated rings. The number of carboxylic acid groups (broad SMARTS) is 1. The highest BCUT2D eigenvalue weighted by Crippen LogP contribution is 2.44. The minimum Gasteiger partial charge on any atom is -0.480 e. The van der Waals surface area contributed by atoms with Crippen molar-refractivity contribution >= 4 is 18.0 Å². The molecule has 0 aliphatic heterocycles. The first-order valence-electron chi connectivity index (χ1n) is 10.3. The monoisotopic (exact) mass is 424 g/mol. The van der Waals surface area contributed by atoms with Crippen molar-refractivity contribution in [2.45, 2.75) is 39.2 Å². The highest BCUT2D eigenvalue weighted by molar-refractivity contribution is 5.86. The summed E-state index contributed by atoms with van der Waals surface area (Å²) in [7, 11) is 0. The molecular formula is C24H28N2O5. The van der Waals surface area contributed by atoms with Gasteiger partial charge in [-0.15, -0.1) is 0 Å². The van der Waals surface area contributed by atoms with Crippen LogP contribution in [-0.2, 0) is 14.3 Å². The molecule has 7 heteroatoms. The highest BCUT2D eigenvalue weighted by atomic mass is 16.5. The average Bonchev–Trinajstić information content (AvgIpc) is 3.03. The highest BCUT2D eigenvalue weighted by Gasteiger charge is 2.29. The smallest absolute Gasteiger partial charge is 0.407 e. The normalized spacial score (nSPS) is 13.6. The summed E-state index contributed by atoms with van der Waals surface area (Å²) in [5, 5.41) is 14.1. The molecule has 2 aromatic rings. The lowest BCUT2D eigenvalue weighted by Gasteiger charge is -2.24. The van der Waals surface area contributed by atoms with E-state index in [1.54, 1.807) is 0 Å².